The third-order valence-electron chi connectivity index (χ3n) is 5.25. The Morgan fingerprint density at radius 2 is 1.69 bits per heavy atom. The smallest absolute Gasteiger partial charge is 0.191 e. The van der Waals surface area contributed by atoms with Crippen molar-refractivity contribution in [3.8, 4) is 0 Å². The summed E-state index contributed by atoms with van der Waals surface area (Å²) in [5.74, 6) is 0.813. The maximum atomic E-state index is 11.6. The van der Waals surface area contributed by atoms with Gasteiger partial charge in [-0.05, 0) is 57.0 Å². The molecule has 2 N–H and O–H groups in total. The van der Waals surface area contributed by atoms with Gasteiger partial charge in [0.15, 0.2) is 15.8 Å². The number of nitrogens with zero attached hydrogens (tertiary/aromatic N) is 2. The summed E-state index contributed by atoms with van der Waals surface area (Å²) in [6, 6.07) is 18.0. The average Bonchev–Trinajstić information content (AvgIpc) is 2.74. The SMILES string of the molecule is CCNC(=NCCC(C)N(C)Cc1ccccc1)NCCc1ccc(S(C)(=O)=O)cc1.I. The molecule has 0 bridgehead atoms. The first-order chi connectivity index (χ1) is 14.8. The molecule has 0 amide bonds. The molecule has 0 aliphatic rings. The van der Waals surface area contributed by atoms with Crippen molar-refractivity contribution in [1.29, 1.82) is 0 Å². The maximum absolute atomic E-state index is 11.6. The second kappa shape index (κ2) is 14.5. The lowest BCUT2D eigenvalue weighted by atomic mass is 10.1. The number of halogens is 1. The van der Waals surface area contributed by atoms with E-state index in [-0.39, 0.29) is 24.0 Å². The summed E-state index contributed by atoms with van der Waals surface area (Å²) in [5.41, 5.74) is 2.41. The quantitative estimate of drug-likeness (QED) is 0.244. The van der Waals surface area contributed by atoms with E-state index in [4.69, 9.17) is 4.99 Å². The largest absolute Gasteiger partial charge is 0.357 e. The Labute approximate surface area is 210 Å². The van der Waals surface area contributed by atoms with E-state index in [2.05, 4.69) is 60.7 Å². The third kappa shape index (κ3) is 10.3. The lowest BCUT2D eigenvalue weighted by molar-refractivity contribution is 0.240. The number of aliphatic imine (C=N–C) groups is 1. The van der Waals surface area contributed by atoms with Crippen LogP contribution in [0.25, 0.3) is 0 Å². The Hall–Kier alpha value is -1.65. The molecule has 8 heteroatoms. The lowest BCUT2D eigenvalue weighted by Gasteiger charge is -2.24. The fourth-order valence-electron chi connectivity index (χ4n) is 3.18. The topological polar surface area (TPSA) is 73.8 Å². The van der Waals surface area contributed by atoms with Gasteiger partial charge in [0.2, 0.25) is 0 Å². The second-order valence-electron chi connectivity index (χ2n) is 7.89. The monoisotopic (exact) mass is 572 g/mol. The van der Waals surface area contributed by atoms with E-state index >= 15 is 0 Å². The number of rotatable bonds is 11. The van der Waals surface area contributed by atoms with Crippen molar-refractivity contribution in [2.75, 3.05) is 32.9 Å². The highest BCUT2D eigenvalue weighted by Crippen LogP contribution is 2.11. The first-order valence-electron chi connectivity index (χ1n) is 10.8. The van der Waals surface area contributed by atoms with Crippen LogP contribution in [0, 0.1) is 0 Å². The molecule has 0 spiro atoms. The van der Waals surface area contributed by atoms with Gasteiger partial charge in [-0.25, -0.2) is 8.42 Å². The molecule has 6 nitrogen and oxygen atoms in total. The van der Waals surface area contributed by atoms with Crippen LogP contribution in [0.1, 0.15) is 31.4 Å². The van der Waals surface area contributed by atoms with Gasteiger partial charge < -0.3 is 10.6 Å². The van der Waals surface area contributed by atoms with E-state index in [1.54, 1.807) is 12.1 Å². The predicted octanol–water partition coefficient (Wildman–Crippen LogP) is 3.72. The molecule has 2 aromatic rings. The molecule has 1 unspecified atom stereocenters. The maximum Gasteiger partial charge on any atom is 0.191 e. The molecule has 0 fully saturated rings. The molecule has 0 aliphatic carbocycles. The zero-order chi connectivity index (χ0) is 22.7. The number of guanidine groups is 1. The van der Waals surface area contributed by atoms with Gasteiger partial charge in [0.05, 0.1) is 4.90 Å². The van der Waals surface area contributed by atoms with E-state index in [0.29, 0.717) is 10.9 Å². The summed E-state index contributed by atoms with van der Waals surface area (Å²) in [6.07, 6.45) is 3.00. The summed E-state index contributed by atoms with van der Waals surface area (Å²) >= 11 is 0. The summed E-state index contributed by atoms with van der Waals surface area (Å²) in [5, 5.41) is 6.65. The van der Waals surface area contributed by atoms with Gasteiger partial charge in [-0.15, -0.1) is 24.0 Å². The standard InChI is InChI=1S/C24H36N4O2S.HI/c1-5-25-24(27-18-16-21-11-13-23(14-12-21)31(4,29)30)26-17-15-20(2)28(3)19-22-9-7-6-8-10-22;/h6-14,20H,5,15-19H2,1-4H3,(H2,25,26,27);1H. The Kier molecular flexibility index (Phi) is 12.9. The van der Waals surface area contributed by atoms with Crippen LogP contribution in [0.4, 0.5) is 0 Å². The number of hydrogen-bond donors (Lipinski definition) is 2. The molecule has 0 aliphatic heterocycles. The normalized spacial score (nSPS) is 12.8. The van der Waals surface area contributed by atoms with Gasteiger partial charge in [-0.3, -0.25) is 9.89 Å². The number of benzene rings is 2. The summed E-state index contributed by atoms with van der Waals surface area (Å²) < 4.78 is 23.1. The highest BCUT2D eigenvalue weighted by atomic mass is 127. The van der Waals surface area contributed by atoms with E-state index in [1.807, 2.05) is 18.2 Å². The van der Waals surface area contributed by atoms with Crippen LogP contribution in [0.15, 0.2) is 64.5 Å². The molecule has 2 aromatic carbocycles. The molecule has 0 saturated carbocycles. The van der Waals surface area contributed by atoms with E-state index in [0.717, 1.165) is 50.5 Å². The third-order valence-corrected chi connectivity index (χ3v) is 6.37. The fourth-order valence-corrected chi connectivity index (χ4v) is 3.81. The van der Waals surface area contributed by atoms with E-state index in [1.165, 1.54) is 11.8 Å². The van der Waals surface area contributed by atoms with Crippen molar-refractivity contribution >= 4 is 39.8 Å². The average molecular weight is 573 g/mol. The van der Waals surface area contributed by atoms with Crippen LogP contribution >= 0.6 is 24.0 Å². The molecule has 0 radical (unpaired) electrons. The number of sulfone groups is 1. The van der Waals surface area contributed by atoms with Crippen LogP contribution in [0.3, 0.4) is 0 Å². The first-order valence-corrected chi connectivity index (χ1v) is 12.7. The second-order valence-corrected chi connectivity index (χ2v) is 9.91. The van der Waals surface area contributed by atoms with Crippen LogP contribution < -0.4 is 10.6 Å². The molecule has 32 heavy (non-hydrogen) atoms. The number of hydrogen-bond acceptors (Lipinski definition) is 4. The Morgan fingerprint density at radius 3 is 2.28 bits per heavy atom. The van der Waals surface area contributed by atoms with Crippen molar-refractivity contribution < 1.29 is 8.42 Å². The van der Waals surface area contributed by atoms with Gasteiger partial charge in [0.25, 0.3) is 0 Å². The minimum Gasteiger partial charge on any atom is -0.357 e. The minimum absolute atomic E-state index is 0. The summed E-state index contributed by atoms with van der Waals surface area (Å²) in [6.45, 7) is 7.50. The Balaban J connectivity index is 0.00000512. The zero-order valence-corrected chi connectivity index (χ0v) is 22.7. The van der Waals surface area contributed by atoms with Gasteiger partial charge >= 0.3 is 0 Å². The highest BCUT2D eigenvalue weighted by Gasteiger charge is 2.10. The summed E-state index contributed by atoms with van der Waals surface area (Å²) in [7, 11) is -0.998. The van der Waals surface area contributed by atoms with Crippen molar-refractivity contribution in [3.05, 3.63) is 65.7 Å². The van der Waals surface area contributed by atoms with Crippen molar-refractivity contribution in [1.82, 2.24) is 15.5 Å². The van der Waals surface area contributed by atoms with Gasteiger partial charge in [-0.2, -0.15) is 0 Å². The van der Waals surface area contributed by atoms with E-state index < -0.39 is 9.84 Å². The molecule has 178 valence electrons. The Bertz CT molecular complexity index is 919. The summed E-state index contributed by atoms with van der Waals surface area (Å²) in [4.78, 5) is 7.41. The van der Waals surface area contributed by atoms with Crippen LogP contribution in [0.2, 0.25) is 0 Å². The van der Waals surface area contributed by atoms with Crippen LogP contribution in [0.5, 0.6) is 0 Å². The van der Waals surface area contributed by atoms with Crippen LogP contribution in [-0.4, -0.2) is 58.3 Å². The first kappa shape index (κ1) is 28.4. The Morgan fingerprint density at radius 1 is 1.03 bits per heavy atom. The molecule has 2 rings (SSSR count). The fraction of sp³-hybridized carbons (Fsp3) is 0.458. The molecule has 0 aromatic heterocycles. The predicted molar refractivity (Wildman–Crippen MR) is 145 cm³/mol. The molecule has 1 atom stereocenters. The molecular weight excluding hydrogens is 535 g/mol. The van der Waals surface area contributed by atoms with Crippen molar-refractivity contribution in [2.24, 2.45) is 4.99 Å². The van der Waals surface area contributed by atoms with Crippen LogP contribution in [-0.2, 0) is 22.8 Å². The van der Waals surface area contributed by atoms with E-state index in [9.17, 15) is 8.42 Å². The molecule has 0 saturated heterocycles. The highest BCUT2D eigenvalue weighted by molar-refractivity contribution is 14.0. The van der Waals surface area contributed by atoms with Gasteiger partial charge in [0.1, 0.15) is 0 Å². The minimum atomic E-state index is -3.15. The van der Waals surface area contributed by atoms with Crippen molar-refractivity contribution in [2.45, 2.75) is 44.2 Å². The molecular formula is C24H37IN4O2S. The van der Waals surface area contributed by atoms with Gasteiger partial charge in [0, 0.05) is 38.5 Å². The zero-order valence-electron chi connectivity index (χ0n) is 19.5. The lowest BCUT2D eigenvalue weighted by Crippen LogP contribution is -2.38. The molecule has 0 heterocycles. The number of nitrogens with one attached hydrogen (secondary N) is 2. The van der Waals surface area contributed by atoms with Crippen molar-refractivity contribution in [3.63, 3.8) is 0 Å². The van der Waals surface area contributed by atoms with Gasteiger partial charge in [-0.1, -0.05) is 42.5 Å².